The summed E-state index contributed by atoms with van der Waals surface area (Å²) >= 11 is 0. The lowest BCUT2D eigenvalue weighted by molar-refractivity contribution is 0.0268. The monoisotopic (exact) mass is 281 g/mol. The van der Waals surface area contributed by atoms with Gasteiger partial charge < -0.3 is 9.64 Å². The first-order chi connectivity index (χ1) is 9.54. The van der Waals surface area contributed by atoms with Gasteiger partial charge >= 0.3 is 0 Å². The first-order valence-electron chi connectivity index (χ1n) is 8.90. The van der Waals surface area contributed by atoms with Crippen molar-refractivity contribution >= 4 is 0 Å². The van der Waals surface area contributed by atoms with E-state index in [0.717, 1.165) is 30.4 Å². The van der Waals surface area contributed by atoms with E-state index in [1.165, 1.54) is 51.6 Å². The van der Waals surface area contributed by atoms with Crippen LogP contribution in [-0.2, 0) is 4.74 Å². The van der Waals surface area contributed by atoms with Gasteiger partial charge in [0.1, 0.15) is 0 Å². The van der Waals surface area contributed by atoms with E-state index >= 15 is 0 Å². The highest BCUT2D eigenvalue weighted by Gasteiger charge is 2.35. The highest BCUT2D eigenvalue weighted by molar-refractivity contribution is 4.89. The molecule has 0 unspecified atom stereocenters. The van der Waals surface area contributed by atoms with E-state index in [-0.39, 0.29) is 0 Å². The van der Waals surface area contributed by atoms with Crippen molar-refractivity contribution in [3.8, 4) is 0 Å². The molecule has 0 radical (unpaired) electrons. The lowest BCUT2D eigenvalue weighted by Crippen LogP contribution is -2.48. The first-order valence-corrected chi connectivity index (χ1v) is 8.90. The van der Waals surface area contributed by atoms with Gasteiger partial charge in [-0.2, -0.15) is 0 Å². The van der Waals surface area contributed by atoms with E-state index in [0.29, 0.717) is 6.10 Å². The number of ether oxygens (including phenoxy) is 1. The van der Waals surface area contributed by atoms with E-state index in [4.69, 9.17) is 4.74 Å². The summed E-state index contributed by atoms with van der Waals surface area (Å²) in [4.78, 5) is 2.77. The Labute approximate surface area is 126 Å². The van der Waals surface area contributed by atoms with Gasteiger partial charge in [0.25, 0.3) is 0 Å². The topological polar surface area (TPSA) is 12.5 Å². The molecule has 2 aliphatic rings. The van der Waals surface area contributed by atoms with Crippen LogP contribution in [0.4, 0.5) is 0 Å². The molecule has 0 N–H and O–H groups in total. The van der Waals surface area contributed by atoms with Crippen LogP contribution in [0.5, 0.6) is 0 Å². The minimum Gasteiger partial charge on any atom is -0.379 e. The summed E-state index contributed by atoms with van der Waals surface area (Å²) in [6, 6.07) is 0.923. The lowest BCUT2D eigenvalue weighted by Gasteiger charge is -2.46. The van der Waals surface area contributed by atoms with E-state index in [2.05, 4.69) is 32.6 Å². The zero-order valence-electron chi connectivity index (χ0n) is 14.1. The molecular formula is C18H35NO. The maximum Gasteiger partial charge on any atom is 0.0518 e. The standard InChI is InChI=1S/C18H35NO/c1-14(2)11-17-12-18(13-17)19-8-5-16(6-9-19)7-10-20-15(3)4/h14-18H,5-13H2,1-4H3. The van der Waals surface area contributed by atoms with Gasteiger partial charge in [0, 0.05) is 12.6 Å². The second-order valence-electron chi connectivity index (χ2n) is 7.81. The maximum absolute atomic E-state index is 5.69. The molecule has 2 fully saturated rings. The van der Waals surface area contributed by atoms with Crippen molar-refractivity contribution in [3.63, 3.8) is 0 Å². The summed E-state index contributed by atoms with van der Waals surface area (Å²) in [6.07, 6.45) is 8.84. The van der Waals surface area contributed by atoms with Crippen LogP contribution in [0.3, 0.4) is 0 Å². The van der Waals surface area contributed by atoms with Crippen molar-refractivity contribution in [2.24, 2.45) is 17.8 Å². The average molecular weight is 281 g/mol. The number of hydrogen-bond acceptors (Lipinski definition) is 2. The van der Waals surface area contributed by atoms with Crippen molar-refractivity contribution in [2.75, 3.05) is 19.7 Å². The molecule has 1 saturated carbocycles. The van der Waals surface area contributed by atoms with Gasteiger partial charge in [-0.05, 0) is 83.2 Å². The van der Waals surface area contributed by atoms with Crippen molar-refractivity contribution in [1.82, 2.24) is 4.90 Å². The van der Waals surface area contributed by atoms with Crippen LogP contribution in [0.15, 0.2) is 0 Å². The highest BCUT2D eigenvalue weighted by atomic mass is 16.5. The van der Waals surface area contributed by atoms with E-state index in [9.17, 15) is 0 Å². The predicted octanol–water partition coefficient (Wildman–Crippen LogP) is 4.34. The van der Waals surface area contributed by atoms with Crippen LogP contribution in [-0.4, -0.2) is 36.7 Å². The average Bonchev–Trinajstić information content (AvgIpc) is 2.34. The Hall–Kier alpha value is -0.0800. The third-order valence-corrected chi connectivity index (χ3v) is 5.16. The van der Waals surface area contributed by atoms with Gasteiger partial charge in [0.2, 0.25) is 0 Å². The van der Waals surface area contributed by atoms with Crippen LogP contribution in [0.1, 0.15) is 66.2 Å². The predicted molar refractivity (Wildman–Crippen MR) is 86.0 cm³/mol. The van der Waals surface area contributed by atoms with Gasteiger partial charge in [0.05, 0.1) is 6.10 Å². The molecule has 20 heavy (non-hydrogen) atoms. The smallest absolute Gasteiger partial charge is 0.0518 e. The van der Waals surface area contributed by atoms with E-state index in [1.807, 2.05) is 0 Å². The summed E-state index contributed by atoms with van der Waals surface area (Å²) < 4.78 is 5.69. The fraction of sp³-hybridized carbons (Fsp3) is 1.00. The van der Waals surface area contributed by atoms with Crippen LogP contribution < -0.4 is 0 Å². The second kappa shape index (κ2) is 7.79. The Balaban J connectivity index is 1.56. The molecule has 1 saturated heterocycles. The normalized spacial score (nSPS) is 29.1. The number of likely N-dealkylation sites (tertiary alicyclic amines) is 1. The number of piperidine rings is 1. The summed E-state index contributed by atoms with van der Waals surface area (Å²) in [7, 11) is 0. The van der Waals surface area contributed by atoms with Gasteiger partial charge in [-0.1, -0.05) is 13.8 Å². The molecule has 2 rings (SSSR count). The summed E-state index contributed by atoms with van der Waals surface area (Å²) in [5.74, 6) is 2.82. The van der Waals surface area contributed by atoms with Crippen molar-refractivity contribution in [3.05, 3.63) is 0 Å². The second-order valence-corrected chi connectivity index (χ2v) is 7.81. The molecular weight excluding hydrogens is 246 g/mol. The summed E-state index contributed by atoms with van der Waals surface area (Å²) in [6.45, 7) is 12.6. The fourth-order valence-electron chi connectivity index (χ4n) is 3.93. The number of nitrogens with zero attached hydrogens (tertiary/aromatic N) is 1. The molecule has 0 atom stereocenters. The zero-order chi connectivity index (χ0) is 14.5. The van der Waals surface area contributed by atoms with Crippen molar-refractivity contribution < 1.29 is 4.74 Å². The third kappa shape index (κ3) is 5.04. The molecule has 2 nitrogen and oxygen atoms in total. The molecule has 2 heteroatoms. The van der Waals surface area contributed by atoms with Gasteiger partial charge in [-0.25, -0.2) is 0 Å². The minimum absolute atomic E-state index is 0.392. The Bertz CT molecular complexity index is 263. The Kier molecular flexibility index (Phi) is 6.35. The van der Waals surface area contributed by atoms with Crippen molar-refractivity contribution in [2.45, 2.75) is 78.4 Å². The maximum atomic E-state index is 5.69. The molecule has 1 aliphatic heterocycles. The number of hydrogen-bond donors (Lipinski definition) is 0. The molecule has 1 aliphatic carbocycles. The summed E-state index contributed by atoms with van der Waals surface area (Å²) in [5, 5.41) is 0. The highest BCUT2D eigenvalue weighted by Crippen LogP contribution is 2.37. The lowest BCUT2D eigenvalue weighted by atomic mass is 9.74. The molecule has 0 spiro atoms. The minimum atomic E-state index is 0.392. The first kappa shape index (κ1) is 16.3. The van der Waals surface area contributed by atoms with Crippen LogP contribution in [0.25, 0.3) is 0 Å². The zero-order valence-corrected chi connectivity index (χ0v) is 14.1. The van der Waals surface area contributed by atoms with Crippen LogP contribution in [0.2, 0.25) is 0 Å². The molecule has 0 aromatic rings. The van der Waals surface area contributed by atoms with Crippen LogP contribution >= 0.6 is 0 Å². The molecule has 0 aromatic carbocycles. The Morgan fingerprint density at radius 1 is 1.00 bits per heavy atom. The third-order valence-electron chi connectivity index (χ3n) is 5.16. The largest absolute Gasteiger partial charge is 0.379 e. The SMILES string of the molecule is CC(C)CC1CC(N2CCC(CCOC(C)C)CC2)C1. The quantitative estimate of drug-likeness (QED) is 0.688. The fourth-order valence-corrected chi connectivity index (χ4v) is 3.93. The van der Waals surface area contributed by atoms with Gasteiger partial charge in [0.15, 0.2) is 0 Å². The van der Waals surface area contributed by atoms with Crippen LogP contribution in [0, 0.1) is 17.8 Å². The Morgan fingerprint density at radius 2 is 1.65 bits per heavy atom. The van der Waals surface area contributed by atoms with E-state index in [1.54, 1.807) is 0 Å². The van der Waals surface area contributed by atoms with Gasteiger partial charge in [-0.15, -0.1) is 0 Å². The van der Waals surface area contributed by atoms with Gasteiger partial charge in [-0.3, -0.25) is 0 Å². The number of rotatable bonds is 7. The summed E-state index contributed by atoms with van der Waals surface area (Å²) in [5.41, 5.74) is 0. The molecule has 0 bridgehead atoms. The molecule has 1 heterocycles. The van der Waals surface area contributed by atoms with Crippen molar-refractivity contribution in [1.29, 1.82) is 0 Å². The molecule has 0 aromatic heterocycles. The van der Waals surface area contributed by atoms with E-state index < -0.39 is 0 Å². The Morgan fingerprint density at radius 3 is 2.20 bits per heavy atom. The molecule has 118 valence electrons. The molecule has 0 amide bonds.